The lowest BCUT2D eigenvalue weighted by atomic mass is 10.3. The quantitative estimate of drug-likeness (QED) is 0.523. The molecule has 2 aromatic heterocycles. The van der Waals surface area contributed by atoms with Gasteiger partial charge < -0.3 is 4.74 Å². The first-order valence-electron chi connectivity index (χ1n) is 6.91. The van der Waals surface area contributed by atoms with Crippen LogP contribution in [0.15, 0.2) is 30.2 Å². The summed E-state index contributed by atoms with van der Waals surface area (Å²) in [6.07, 6.45) is 2.25. The molecule has 0 aliphatic heterocycles. The molecule has 0 amide bonds. The fraction of sp³-hybridized carbons (Fsp3) is 0.286. The maximum atomic E-state index is 12.5. The van der Waals surface area contributed by atoms with Crippen LogP contribution in [0.4, 0.5) is 5.13 Å². The number of thiophene rings is 1. The fourth-order valence-electron chi connectivity index (χ4n) is 1.79. The number of esters is 1. The molecule has 130 valence electrons. The molecule has 24 heavy (non-hydrogen) atoms. The Morgan fingerprint density at radius 2 is 2.29 bits per heavy atom. The van der Waals surface area contributed by atoms with Crippen LogP contribution in [0.1, 0.15) is 29.9 Å². The number of hydrogen-bond donors (Lipinski definition) is 1. The van der Waals surface area contributed by atoms with Gasteiger partial charge in [0.2, 0.25) is 15.9 Å². The summed E-state index contributed by atoms with van der Waals surface area (Å²) < 4.78 is 32.9. The molecule has 0 saturated heterocycles. The largest absolute Gasteiger partial charge is 0.406 e. The number of anilines is 1. The summed E-state index contributed by atoms with van der Waals surface area (Å²) >= 11 is 8.05. The normalized spacial score (nSPS) is 12.6. The molecular formula is C14H15ClN2O4S3. The Balaban J connectivity index is 2.12. The summed E-state index contributed by atoms with van der Waals surface area (Å²) in [4.78, 5) is 15.9. The van der Waals surface area contributed by atoms with Gasteiger partial charge in [0.25, 0.3) is 0 Å². The standard InChI is InChI=1S/C14H15ClN2O4S3/c1-3-5-13(18)21-12-8-22-14(16-12)17-24(19,20)10(4-2)9-6-7-11(15)23-9/h4,6-8,10H,2-3,5H2,1H3,(H,16,17). The van der Waals surface area contributed by atoms with Crippen LogP contribution in [-0.4, -0.2) is 19.4 Å². The molecule has 1 unspecified atom stereocenters. The van der Waals surface area contributed by atoms with Crippen LogP contribution < -0.4 is 9.46 Å². The third-order valence-electron chi connectivity index (χ3n) is 2.81. The number of nitrogens with zero attached hydrogens (tertiary/aromatic N) is 1. The SMILES string of the molecule is C=CC(c1ccc(Cl)s1)S(=O)(=O)Nc1nc(OC(=O)CCC)cs1. The van der Waals surface area contributed by atoms with Crippen molar-refractivity contribution in [2.24, 2.45) is 0 Å². The van der Waals surface area contributed by atoms with E-state index in [1.165, 1.54) is 22.8 Å². The molecule has 0 aliphatic rings. The van der Waals surface area contributed by atoms with Crippen molar-refractivity contribution in [3.05, 3.63) is 39.4 Å². The Labute approximate surface area is 153 Å². The zero-order valence-corrected chi connectivity index (χ0v) is 15.9. The van der Waals surface area contributed by atoms with E-state index in [0.29, 0.717) is 15.6 Å². The van der Waals surface area contributed by atoms with Gasteiger partial charge in [-0.25, -0.2) is 8.42 Å². The first-order valence-corrected chi connectivity index (χ1v) is 10.5. The van der Waals surface area contributed by atoms with Crippen LogP contribution >= 0.6 is 34.3 Å². The van der Waals surface area contributed by atoms with Crippen LogP contribution in [0, 0.1) is 0 Å². The fourth-order valence-corrected chi connectivity index (χ4v) is 5.40. The van der Waals surface area contributed by atoms with E-state index in [2.05, 4.69) is 16.3 Å². The molecule has 2 rings (SSSR count). The minimum absolute atomic E-state index is 0.0745. The van der Waals surface area contributed by atoms with Crippen molar-refractivity contribution in [3.63, 3.8) is 0 Å². The molecule has 0 bridgehead atoms. The van der Waals surface area contributed by atoms with E-state index in [0.717, 1.165) is 11.3 Å². The summed E-state index contributed by atoms with van der Waals surface area (Å²) in [7, 11) is -3.80. The molecular weight excluding hydrogens is 392 g/mol. The van der Waals surface area contributed by atoms with Crippen molar-refractivity contribution in [1.29, 1.82) is 0 Å². The van der Waals surface area contributed by atoms with Gasteiger partial charge in [0.1, 0.15) is 5.25 Å². The highest BCUT2D eigenvalue weighted by Gasteiger charge is 2.27. The number of sulfonamides is 1. The third kappa shape index (κ3) is 4.79. The van der Waals surface area contributed by atoms with Crippen LogP contribution in [-0.2, 0) is 14.8 Å². The lowest BCUT2D eigenvalue weighted by Crippen LogP contribution is -2.19. The maximum Gasteiger partial charge on any atom is 0.312 e. The molecule has 0 aliphatic carbocycles. The summed E-state index contributed by atoms with van der Waals surface area (Å²) in [5.74, 6) is -0.333. The smallest absolute Gasteiger partial charge is 0.312 e. The van der Waals surface area contributed by atoms with E-state index in [4.69, 9.17) is 16.3 Å². The summed E-state index contributed by atoms with van der Waals surface area (Å²) in [6, 6.07) is 3.26. The highest BCUT2D eigenvalue weighted by Crippen LogP contribution is 2.34. The molecule has 2 aromatic rings. The Hall–Kier alpha value is -1.42. The zero-order valence-electron chi connectivity index (χ0n) is 12.7. The van der Waals surface area contributed by atoms with Gasteiger partial charge in [-0.3, -0.25) is 9.52 Å². The van der Waals surface area contributed by atoms with Gasteiger partial charge in [-0.15, -0.1) is 29.3 Å². The van der Waals surface area contributed by atoms with Crippen molar-refractivity contribution in [1.82, 2.24) is 4.98 Å². The second kappa shape index (κ2) is 8.11. The predicted octanol–water partition coefficient (Wildman–Crippen LogP) is 4.23. The van der Waals surface area contributed by atoms with Crippen molar-refractivity contribution in [2.75, 3.05) is 4.72 Å². The Kier molecular flexibility index (Phi) is 6.39. The van der Waals surface area contributed by atoms with Crippen molar-refractivity contribution in [2.45, 2.75) is 25.0 Å². The number of rotatable bonds is 8. The second-order valence-corrected chi connectivity index (χ2v) is 9.07. The zero-order chi connectivity index (χ0) is 17.7. The maximum absolute atomic E-state index is 12.5. The predicted molar refractivity (Wildman–Crippen MR) is 97.5 cm³/mol. The van der Waals surface area contributed by atoms with Gasteiger partial charge in [0, 0.05) is 11.3 Å². The number of ether oxygens (including phenoxy) is 1. The van der Waals surface area contributed by atoms with Crippen LogP contribution in [0.2, 0.25) is 4.34 Å². The van der Waals surface area contributed by atoms with Crippen LogP contribution in [0.5, 0.6) is 5.88 Å². The average Bonchev–Trinajstić information content (AvgIpc) is 3.08. The molecule has 0 spiro atoms. The number of halogens is 1. The molecule has 2 heterocycles. The highest BCUT2D eigenvalue weighted by atomic mass is 35.5. The van der Waals surface area contributed by atoms with Crippen molar-refractivity contribution < 1.29 is 17.9 Å². The minimum atomic E-state index is -3.80. The molecule has 1 N–H and O–H groups in total. The molecule has 0 fully saturated rings. The Morgan fingerprint density at radius 3 is 2.88 bits per heavy atom. The highest BCUT2D eigenvalue weighted by molar-refractivity contribution is 7.93. The van der Waals surface area contributed by atoms with Crippen molar-refractivity contribution in [3.8, 4) is 5.88 Å². The van der Waals surface area contributed by atoms with Crippen LogP contribution in [0.3, 0.4) is 0 Å². The van der Waals surface area contributed by atoms with Gasteiger partial charge in [0.05, 0.1) is 9.72 Å². The van der Waals surface area contributed by atoms with Gasteiger partial charge >= 0.3 is 5.97 Å². The van der Waals surface area contributed by atoms with E-state index >= 15 is 0 Å². The van der Waals surface area contributed by atoms with E-state index in [-0.39, 0.29) is 17.4 Å². The summed E-state index contributed by atoms with van der Waals surface area (Å²) in [5, 5.41) is 0.630. The molecule has 0 radical (unpaired) electrons. The average molecular weight is 407 g/mol. The molecule has 10 heteroatoms. The first kappa shape index (κ1) is 18.9. The first-order chi connectivity index (χ1) is 11.4. The second-order valence-electron chi connectivity index (χ2n) is 4.66. The van der Waals surface area contributed by atoms with Gasteiger partial charge in [0.15, 0.2) is 5.13 Å². The van der Waals surface area contributed by atoms with E-state index < -0.39 is 21.2 Å². The number of carbonyl (C=O) groups is 1. The minimum Gasteiger partial charge on any atom is -0.406 e. The Bertz CT molecular complexity index is 829. The third-order valence-corrected chi connectivity index (χ3v) is 6.73. The van der Waals surface area contributed by atoms with E-state index in [1.54, 1.807) is 12.1 Å². The number of thiazole rings is 1. The summed E-state index contributed by atoms with van der Waals surface area (Å²) in [6.45, 7) is 5.43. The molecule has 0 aromatic carbocycles. The molecule has 1 atom stereocenters. The molecule has 0 saturated carbocycles. The lowest BCUT2D eigenvalue weighted by molar-refractivity contribution is -0.134. The number of carbonyl (C=O) groups excluding carboxylic acids is 1. The number of hydrogen-bond acceptors (Lipinski definition) is 7. The number of nitrogens with one attached hydrogen (secondary N) is 1. The summed E-state index contributed by atoms with van der Waals surface area (Å²) in [5.41, 5.74) is 0. The van der Waals surface area contributed by atoms with Crippen molar-refractivity contribution >= 4 is 55.4 Å². The lowest BCUT2D eigenvalue weighted by Gasteiger charge is -2.12. The van der Waals surface area contributed by atoms with Gasteiger partial charge in [-0.05, 0) is 18.6 Å². The topological polar surface area (TPSA) is 85.4 Å². The van der Waals surface area contributed by atoms with Crippen LogP contribution in [0.25, 0.3) is 0 Å². The molecule has 6 nitrogen and oxygen atoms in total. The number of aromatic nitrogens is 1. The van der Waals surface area contributed by atoms with E-state index in [9.17, 15) is 13.2 Å². The van der Waals surface area contributed by atoms with Gasteiger partial charge in [-0.1, -0.05) is 24.6 Å². The monoisotopic (exact) mass is 406 g/mol. The van der Waals surface area contributed by atoms with E-state index in [1.807, 2.05) is 6.92 Å². The van der Waals surface area contributed by atoms with Gasteiger partial charge in [-0.2, -0.15) is 4.98 Å². The Morgan fingerprint density at radius 1 is 1.54 bits per heavy atom.